The molecule has 0 bridgehead atoms. The molecule has 2 fully saturated rings. The Labute approximate surface area is 218 Å². The van der Waals surface area contributed by atoms with Crippen LogP contribution < -0.4 is 10.6 Å². The van der Waals surface area contributed by atoms with Crippen LogP contribution >= 0.6 is 0 Å². The van der Waals surface area contributed by atoms with E-state index in [2.05, 4.69) is 36.5 Å². The summed E-state index contributed by atoms with van der Waals surface area (Å²) in [4.78, 5) is 30.5. The first kappa shape index (κ1) is 25.4. The zero-order valence-corrected chi connectivity index (χ0v) is 22.5. The maximum atomic E-state index is 13.0. The highest BCUT2D eigenvalue weighted by molar-refractivity contribution is 5.92. The second-order valence-corrected chi connectivity index (χ2v) is 11.9. The minimum atomic E-state index is -0.236. The first-order valence-electron chi connectivity index (χ1n) is 13.6. The number of hydrogen-bond donors (Lipinski definition) is 2. The van der Waals surface area contributed by atoms with Gasteiger partial charge in [0.1, 0.15) is 5.69 Å². The van der Waals surface area contributed by atoms with E-state index in [1.807, 2.05) is 29.8 Å². The molecule has 4 heterocycles. The quantitative estimate of drug-likeness (QED) is 0.511. The third-order valence-electron chi connectivity index (χ3n) is 8.35. The largest absolute Gasteiger partial charge is 0.355 e. The molecule has 2 amide bonds. The average molecular weight is 506 g/mol. The van der Waals surface area contributed by atoms with Gasteiger partial charge in [-0.1, -0.05) is 20.8 Å². The highest BCUT2D eigenvalue weighted by Crippen LogP contribution is 2.41. The molecule has 0 spiro atoms. The Morgan fingerprint density at radius 3 is 2.76 bits per heavy atom. The topological polar surface area (TPSA) is 106 Å². The van der Waals surface area contributed by atoms with Crippen molar-refractivity contribution < 1.29 is 9.59 Å². The Morgan fingerprint density at radius 1 is 1.22 bits per heavy atom. The normalized spacial score (nSPS) is 25.7. The molecule has 1 saturated carbocycles. The van der Waals surface area contributed by atoms with Crippen LogP contribution in [0.5, 0.6) is 0 Å². The molecule has 9 nitrogen and oxygen atoms in total. The first-order chi connectivity index (χ1) is 17.7. The van der Waals surface area contributed by atoms with Crippen LogP contribution in [-0.4, -0.2) is 49.3 Å². The Hall–Kier alpha value is -3.23. The Morgan fingerprint density at radius 2 is 2.00 bits per heavy atom. The van der Waals surface area contributed by atoms with Gasteiger partial charge in [-0.2, -0.15) is 10.2 Å². The Bertz CT molecular complexity index is 1280. The van der Waals surface area contributed by atoms with E-state index in [1.54, 1.807) is 16.9 Å². The van der Waals surface area contributed by atoms with Crippen LogP contribution in [0.25, 0.3) is 5.65 Å². The fraction of sp³-hybridized carbons (Fsp3) is 0.607. The molecule has 2 aliphatic rings. The van der Waals surface area contributed by atoms with Gasteiger partial charge in [0.15, 0.2) is 5.65 Å². The third kappa shape index (κ3) is 5.26. The number of nitrogens with one attached hydrogen (secondary N) is 2. The lowest BCUT2D eigenvalue weighted by atomic mass is 9.69. The molecule has 5 rings (SSSR count). The van der Waals surface area contributed by atoms with E-state index in [1.165, 1.54) is 0 Å². The van der Waals surface area contributed by atoms with Gasteiger partial charge in [-0.25, -0.2) is 9.50 Å². The van der Waals surface area contributed by atoms with Gasteiger partial charge in [0.05, 0.1) is 17.6 Å². The molecule has 1 aliphatic heterocycles. The average Bonchev–Trinajstić information content (AvgIpc) is 3.53. The molecular weight excluding hydrogens is 466 g/mol. The van der Waals surface area contributed by atoms with E-state index in [4.69, 9.17) is 10.1 Å². The molecular formula is C28H39N7O2. The number of carbonyl (C=O) groups excluding carboxylic acids is 2. The Kier molecular flexibility index (Phi) is 6.81. The summed E-state index contributed by atoms with van der Waals surface area (Å²) in [5.41, 5.74) is 3.10. The number of aromatic nitrogens is 5. The van der Waals surface area contributed by atoms with Crippen LogP contribution in [0.4, 0.5) is 0 Å². The molecule has 3 aromatic heterocycles. The van der Waals surface area contributed by atoms with Crippen LogP contribution in [0.15, 0.2) is 30.6 Å². The minimum Gasteiger partial charge on any atom is -0.355 e. The van der Waals surface area contributed by atoms with Gasteiger partial charge in [-0.15, -0.1) is 0 Å². The fourth-order valence-corrected chi connectivity index (χ4v) is 5.96. The SMILES string of the molecule is CCn1nccc1C(=O)NCC1(c2cn3nc(CC4CC(C)(C)CNC4=O)ccc3n2)CCC(C)CC1. The van der Waals surface area contributed by atoms with E-state index >= 15 is 0 Å². The van der Waals surface area contributed by atoms with Gasteiger partial charge in [0, 0.05) is 43.6 Å². The van der Waals surface area contributed by atoms with Gasteiger partial charge in [0.2, 0.25) is 5.91 Å². The first-order valence-corrected chi connectivity index (χ1v) is 13.6. The summed E-state index contributed by atoms with van der Waals surface area (Å²) in [6.45, 7) is 10.6. The number of hydrogen-bond acceptors (Lipinski definition) is 5. The monoisotopic (exact) mass is 505 g/mol. The lowest BCUT2D eigenvalue weighted by Gasteiger charge is -2.38. The lowest BCUT2D eigenvalue weighted by molar-refractivity contribution is -0.129. The zero-order valence-electron chi connectivity index (χ0n) is 22.5. The lowest BCUT2D eigenvalue weighted by Crippen LogP contribution is -2.46. The van der Waals surface area contributed by atoms with Gasteiger partial charge >= 0.3 is 0 Å². The summed E-state index contributed by atoms with van der Waals surface area (Å²) in [7, 11) is 0. The van der Waals surface area contributed by atoms with Crippen LogP contribution in [0.3, 0.4) is 0 Å². The third-order valence-corrected chi connectivity index (χ3v) is 8.35. The minimum absolute atomic E-state index is 0.0744. The molecule has 2 N–H and O–H groups in total. The van der Waals surface area contributed by atoms with Crippen LogP contribution in [-0.2, 0) is 23.2 Å². The van der Waals surface area contributed by atoms with Gasteiger partial charge in [0.25, 0.3) is 5.91 Å². The van der Waals surface area contributed by atoms with Crippen molar-refractivity contribution in [1.29, 1.82) is 0 Å². The second-order valence-electron chi connectivity index (χ2n) is 11.9. The number of rotatable bonds is 7. The van der Waals surface area contributed by atoms with Crippen LogP contribution in [0, 0.1) is 17.3 Å². The van der Waals surface area contributed by atoms with Crippen molar-refractivity contribution in [3.8, 4) is 0 Å². The molecule has 0 radical (unpaired) electrons. The summed E-state index contributed by atoms with van der Waals surface area (Å²) in [6.07, 6.45) is 9.30. The van der Waals surface area contributed by atoms with E-state index in [9.17, 15) is 9.59 Å². The van der Waals surface area contributed by atoms with Crippen molar-refractivity contribution in [2.24, 2.45) is 17.3 Å². The van der Waals surface area contributed by atoms with Gasteiger partial charge in [-0.05, 0) is 68.6 Å². The number of piperidine rings is 1. The smallest absolute Gasteiger partial charge is 0.269 e. The van der Waals surface area contributed by atoms with Crippen molar-refractivity contribution in [3.05, 3.63) is 47.7 Å². The fourth-order valence-electron chi connectivity index (χ4n) is 5.96. The van der Waals surface area contributed by atoms with Crippen molar-refractivity contribution >= 4 is 17.5 Å². The zero-order chi connectivity index (χ0) is 26.2. The summed E-state index contributed by atoms with van der Waals surface area (Å²) in [5.74, 6) is 0.603. The predicted octanol–water partition coefficient (Wildman–Crippen LogP) is 3.53. The molecule has 1 atom stereocenters. The molecule has 1 unspecified atom stereocenters. The molecule has 3 aromatic rings. The molecule has 0 aromatic carbocycles. The van der Waals surface area contributed by atoms with Crippen molar-refractivity contribution in [2.75, 3.05) is 13.1 Å². The summed E-state index contributed by atoms with van der Waals surface area (Å²) >= 11 is 0. The van der Waals surface area contributed by atoms with E-state index in [-0.39, 0.29) is 28.6 Å². The van der Waals surface area contributed by atoms with Gasteiger partial charge in [-0.3, -0.25) is 14.3 Å². The number of imidazole rings is 1. The van der Waals surface area contributed by atoms with Crippen molar-refractivity contribution in [3.63, 3.8) is 0 Å². The molecule has 198 valence electrons. The van der Waals surface area contributed by atoms with Crippen LogP contribution in [0.2, 0.25) is 0 Å². The molecule has 9 heteroatoms. The number of carbonyl (C=O) groups is 2. The number of nitrogens with zero attached hydrogens (tertiary/aromatic N) is 5. The number of aryl methyl sites for hydroxylation is 1. The second kappa shape index (κ2) is 9.91. The number of amides is 2. The highest BCUT2D eigenvalue weighted by atomic mass is 16.2. The van der Waals surface area contributed by atoms with Crippen LogP contribution in [0.1, 0.15) is 81.7 Å². The highest BCUT2D eigenvalue weighted by Gasteiger charge is 2.39. The summed E-state index contributed by atoms with van der Waals surface area (Å²) in [6, 6.07) is 5.75. The predicted molar refractivity (Wildman–Crippen MR) is 141 cm³/mol. The van der Waals surface area contributed by atoms with Crippen molar-refractivity contribution in [1.82, 2.24) is 35.0 Å². The molecule has 1 saturated heterocycles. The summed E-state index contributed by atoms with van der Waals surface area (Å²) < 4.78 is 3.57. The maximum absolute atomic E-state index is 13.0. The van der Waals surface area contributed by atoms with Crippen molar-refractivity contribution in [2.45, 2.75) is 78.2 Å². The number of fused-ring (bicyclic) bond motifs is 1. The van der Waals surface area contributed by atoms with E-state index in [0.717, 1.165) is 55.7 Å². The molecule has 1 aliphatic carbocycles. The summed E-state index contributed by atoms with van der Waals surface area (Å²) in [5, 5.41) is 15.3. The van der Waals surface area contributed by atoms with Gasteiger partial charge < -0.3 is 10.6 Å². The Balaban J connectivity index is 1.38. The standard InChI is InChI=1S/C28H39N7O2/c1-5-34-22(10-13-31-34)26(37)30-18-28(11-8-19(2)9-12-28)23-16-35-24(32-23)7-6-21(33-35)14-20-15-27(3,4)17-29-25(20)36/h6-7,10,13,16,19-20H,5,8-9,11-12,14-15,17-18H2,1-4H3,(H,29,36)(H,30,37). The van der Waals surface area contributed by atoms with E-state index < -0.39 is 0 Å². The van der Waals surface area contributed by atoms with E-state index in [0.29, 0.717) is 31.1 Å². The molecule has 37 heavy (non-hydrogen) atoms. The maximum Gasteiger partial charge on any atom is 0.269 e.